The SMILES string of the molecule is CC[C@@H]1CN2CCC3(C(=O)c4c(OC)cccc4N3C)C2C[C@@H]1/C(=C\OC)C(=O)OC. The average molecular weight is 429 g/mol. The Bertz CT molecular complexity index is 913. The van der Waals surface area contributed by atoms with Gasteiger partial charge in [-0.1, -0.05) is 19.4 Å². The van der Waals surface area contributed by atoms with Gasteiger partial charge in [0, 0.05) is 26.2 Å². The number of hydrogen-bond donors (Lipinski definition) is 0. The maximum atomic E-state index is 13.9. The maximum Gasteiger partial charge on any atom is 0.337 e. The van der Waals surface area contributed by atoms with Crippen molar-refractivity contribution in [3.8, 4) is 5.75 Å². The number of Topliss-reactive ketones (excluding diaryl/α,β-unsaturated/α-hetero) is 1. The number of rotatable bonds is 5. The summed E-state index contributed by atoms with van der Waals surface area (Å²) < 4.78 is 15.9. The third-order valence-electron chi connectivity index (χ3n) is 7.68. The highest BCUT2D eigenvalue weighted by atomic mass is 16.5. The number of likely N-dealkylation sites (N-methyl/N-ethyl adjacent to an activating group) is 1. The van der Waals surface area contributed by atoms with Gasteiger partial charge in [0.15, 0.2) is 5.78 Å². The molecule has 0 amide bonds. The van der Waals surface area contributed by atoms with Crippen LogP contribution in [0.25, 0.3) is 0 Å². The van der Waals surface area contributed by atoms with Crippen LogP contribution in [0.5, 0.6) is 5.75 Å². The molecular formula is C24H32N2O5. The van der Waals surface area contributed by atoms with E-state index in [1.165, 1.54) is 13.4 Å². The van der Waals surface area contributed by atoms with Crippen molar-refractivity contribution in [3.05, 3.63) is 35.6 Å². The van der Waals surface area contributed by atoms with E-state index in [0.717, 1.165) is 31.6 Å². The summed E-state index contributed by atoms with van der Waals surface area (Å²) in [6.45, 7) is 3.86. The molecule has 168 valence electrons. The van der Waals surface area contributed by atoms with Gasteiger partial charge in [0.25, 0.3) is 0 Å². The molecule has 2 unspecified atom stereocenters. The zero-order chi connectivity index (χ0) is 22.3. The molecule has 0 radical (unpaired) electrons. The molecule has 2 fully saturated rings. The number of ketones is 1. The lowest BCUT2D eigenvalue weighted by atomic mass is 9.71. The predicted molar refractivity (Wildman–Crippen MR) is 117 cm³/mol. The quantitative estimate of drug-likeness (QED) is 0.406. The molecule has 3 aliphatic heterocycles. The Kier molecular flexibility index (Phi) is 5.73. The number of benzene rings is 1. The van der Waals surface area contributed by atoms with Crippen molar-refractivity contribution in [2.24, 2.45) is 11.8 Å². The highest BCUT2D eigenvalue weighted by Crippen LogP contribution is 2.53. The highest BCUT2D eigenvalue weighted by Gasteiger charge is 2.62. The Morgan fingerprint density at radius 2 is 2.06 bits per heavy atom. The molecule has 0 N–H and O–H groups in total. The Morgan fingerprint density at radius 3 is 2.71 bits per heavy atom. The van der Waals surface area contributed by atoms with Crippen LogP contribution in [0, 0.1) is 11.8 Å². The number of carbonyl (C=O) groups is 2. The molecule has 4 atom stereocenters. The van der Waals surface area contributed by atoms with Crippen LogP contribution in [0.1, 0.15) is 36.5 Å². The van der Waals surface area contributed by atoms with Gasteiger partial charge >= 0.3 is 5.97 Å². The number of hydrogen-bond acceptors (Lipinski definition) is 7. The minimum absolute atomic E-state index is 0.000168. The van der Waals surface area contributed by atoms with Crippen molar-refractivity contribution >= 4 is 17.4 Å². The van der Waals surface area contributed by atoms with Crippen molar-refractivity contribution < 1.29 is 23.8 Å². The van der Waals surface area contributed by atoms with E-state index in [9.17, 15) is 9.59 Å². The van der Waals surface area contributed by atoms with Crippen LogP contribution in [0.2, 0.25) is 0 Å². The number of ether oxygens (including phenoxy) is 3. The fourth-order valence-corrected chi connectivity index (χ4v) is 6.13. The summed E-state index contributed by atoms with van der Waals surface area (Å²) in [6, 6.07) is 5.78. The number of methoxy groups -OCH3 is 3. The highest BCUT2D eigenvalue weighted by molar-refractivity contribution is 6.16. The Balaban J connectivity index is 1.75. The van der Waals surface area contributed by atoms with Gasteiger partial charge in [-0.25, -0.2) is 4.79 Å². The van der Waals surface area contributed by atoms with Gasteiger partial charge in [0.2, 0.25) is 0 Å². The number of piperidine rings is 1. The summed E-state index contributed by atoms with van der Waals surface area (Å²) in [6.07, 6.45) is 3.93. The van der Waals surface area contributed by atoms with Crippen molar-refractivity contribution in [1.82, 2.24) is 4.90 Å². The zero-order valence-corrected chi connectivity index (χ0v) is 19.0. The maximum absolute atomic E-state index is 13.9. The molecule has 3 heterocycles. The van der Waals surface area contributed by atoms with Crippen LogP contribution in [0.4, 0.5) is 5.69 Å². The zero-order valence-electron chi connectivity index (χ0n) is 19.0. The molecular weight excluding hydrogens is 396 g/mol. The lowest BCUT2D eigenvalue weighted by Gasteiger charge is -2.47. The molecule has 2 saturated heterocycles. The largest absolute Gasteiger partial charge is 0.504 e. The molecule has 1 aromatic rings. The summed E-state index contributed by atoms with van der Waals surface area (Å²) in [5, 5.41) is 0. The van der Waals surface area contributed by atoms with E-state index in [0.29, 0.717) is 29.2 Å². The number of nitrogens with zero attached hydrogens (tertiary/aromatic N) is 2. The van der Waals surface area contributed by atoms with Crippen LogP contribution in [0.15, 0.2) is 30.0 Å². The lowest BCUT2D eigenvalue weighted by molar-refractivity contribution is -0.137. The van der Waals surface area contributed by atoms with Gasteiger partial charge in [-0.3, -0.25) is 9.69 Å². The molecule has 31 heavy (non-hydrogen) atoms. The first kappa shape index (κ1) is 21.7. The fourth-order valence-electron chi connectivity index (χ4n) is 6.13. The second kappa shape index (κ2) is 8.19. The Morgan fingerprint density at radius 1 is 1.29 bits per heavy atom. The van der Waals surface area contributed by atoms with Crippen molar-refractivity contribution in [1.29, 1.82) is 0 Å². The molecule has 3 aliphatic rings. The summed E-state index contributed by atoms with van der Waals surface area (Å²) in [4.78, 5) is 31.1. The Hall–Kier alpha value is -2.54. The van der Waals surface area contributed by atoms with Gasteiger partial charge in [-0.15, -0.1) is 0 Å². The van der Waals surface area contributed by atoms with E-state index in [1.54, 1.807) is 14.2 Å². The van der Waals surface area contributed by atoms with Crippen LogP contribution in [-0.2, 0) is 14.3 Å². The molecule has 1 aromatic carbocycles. The van der Waals surface area contributed by atoms with Crippen LogP contribution in [-0.4, -0.2) is 69.7 Å². The molecule has 7 heteroatoms. The van der Waals surface area contributed by atoms with Gasteiger partial charge in [-0.05, 0) is 36.8 Å². The monoisotopic (exact) mass is 428 g/mol. The number of carbonyl (C=O) groups excluding carboxylic acids is 2. The lowest BCUT2D eigenvalue weighted by Crippen LogP contribution is -2.60. The Labute approximate surface area is 183 Å². The standard InChI is InChI=1S/C24H32N2O5/c1-6-15-13-26-11-10-24(20(26)12-16(15)17(14-29-3)23(28)31-5)22(27)21-18(25(24)2)8-7-9-19(21)30-4/h7-9,14-16,20H,6,10-13H2,1-5H3/b17-14+/t15-,16+,20?,24?/m1/s1. The van der Waals surface area contributed by atoms with Gasteiger partial charge < -0.3 is 19.1 Å². The fraction of sp³-hybridized carbons (Fsp3) is 0.583. The second-order valence-electron chi connectivity index (χ2n) is 8.74. The van der Waals surface area contributed by atoms with E-state index in [4.69, 9.17) is 14.2 Å². The molecule has 0 saturated carbocycles. The average Bonchev–Trinajstić information content (AvgIpc) is 3.28. The minimum Gasteiger partial charge on any atom is -0.504 e. The summed E-state index contributed by atoms with van der Waals surface area (Å²) >= 11 is 0. The first-order chi connectivity index (χ1) is 14.9. The molecule has 4 rings (SSSR count). The summed E-state index contributed by atoms with van der Waals surface area (Å²) in [7, 11) is 6.57. The third kappa shape index (κ3) is 3.04. The molecule has 7 nitrogen and oxygen atoms in total. The first-order valence-electron chi connectivity index (χ1n) is 10.9. The van der Waals surface area contributed by atoms with E-state index in [2.05, 4.69) is 16.7 Å². The van der Waals surface area contributed by atoms with Crippen LogP contribution in [0.3, 0.4) is 0 Å². The molecule has 0 bridgehead atoms. The minimum atomic E-state index is -0.651. The third-order valence-corrected chi connectivity index (χ3v) is 7.68. The van der Waals surface area contributed by atoms with E-state index in [-0.39, 0.29) is 23.7 Å². The smallest absolute Gasteiger partial charge is 0.337 e. The van der Waals surface area contributed by atoms with Gasteiger partial charge in [0.1, 0.15) is 11.3 Å². The molecule has 1 spiro atoms. The predicted octanol–water partition coefficient (Wildman–Crippen LogP) is 2.89. The van der Waals surface area contributed by atoms with Crippen LogP contribution < -0.4 is 9.64 Å². The van der Waals surface area contributed by atoms with Gasteiger partial charge in [0.05, 0.1) is 44.4 Å². The van der Waals surface area contributed by atoms with Crippen LogP contribution >= 0.6 is 0 Å². The molecule has 0 aromatic heterocycles. The van der Waals surface area contributed by atoms with E-state index in [1.807, 2.05) is 25.2 Å². The second-order valence-corrected chi connectivity index (χ2v) is 8.74. The molecule has 0 aliphatic carbocycles. The van der Waals surface area contributed by atoms with Crippen molar-refractivity contribution in [2.75, 3.05) is 46.4 Å². The summed E-state index contributed by atoms with van der Waals surface area (Å²) in [5.41, 5.74) is 1.49. The number of fused-ring (bicyclic) bond motifs is 3. The van der Waals surface area contributed by atoms with E-state index >= 15 is 0 Å². The van der Waals surface area contributed by atoms with E-state index < -0.39 is 5.54 Å². The number of esters is 1. The topological polar surface area (TPSA) is 68.3 Å². The van der Waals surface area contributed by atoms with Crippen molar-refractivity contribution in [2.45, 2.75) is 37.8 Å². The normalized spacial score (nSPS) is 30.4. The number of anilines is 1. The summed E-state index contributed by atoms with van der Waals surface area (Å²) in [5.74, 6) is 0.657. The van der Waals surface area contributed by atoms with Crippen molar-refractivity contribution in [3.63, 3.8) is 0 Å². The first-order valence-corrected chi connectivity index (χ1v) is 10.9. The van der Waals surface area contributed by atoms with Gasteiger partial charge in [-0.2, -0.15) is 0 Å².